The maximum absolute atomic E-state index is 12.6. The number of ether oxygens (including phenoxy) is 2. The Morgan fingerprint density at radius 1 is 0.963 bits per heavy atom. The molecule has 0 radical (unpaired) electrons. The lowest BCUT2D eigenvalue weighted by molar-refractivity contribution is 0.0954. The third kappa shape index (κ3) is 3.93. The van der Waals surface area contributed by atoms with Crippen LogP contribution in [-0.2, 0) is 6.42 Å². The number of methoxy groups -OCH3 is 2. The molecule has 0 saturated heterocycles. The maximum atomic E-state index is 12.6. The van der Waals surface area contributed by atoms with Gasteiger partial charge in [-0.3, -0.25) is 4.79 Å². The lowest BCUT2D eigenvalue weighted by Gasteiger charge is -2.26. The van der Waals surface area contributed by atoms with Gasteiger partial charge in [-0.1, -0.05) is 49.1 Å². The van der Waals surface area contributed by atoms with Crippen molar-refractivity contribution in [2.24, 2.45) is 0 Å². The molecule has 0 aromatic heterocycles. The Labute approximate surface area is 162 Å². The number of nitrogens with one attached hydrogen (secondary N) is 1. The summed E-state index contributed by atoms with van der Waals surface area (Å²) < 4.78 is 11.1. The summed E-state index contributed by atoms with van der Waals surface area (Å²) in [6.07, 6.45) is 2.93. The quantitative estimate of drug-likeness (QED) is 0.801. The molecule has 4 nitrogen and oxygen atoms in total. The van der Waals surface area contributed by atoms with Gasteiger partial charge in [-0.25, -0.2) is 0 Å². The van der Waals surface area contributed by atoms with E-state index in [0.29, 0.717) is 6.54 Å². The molecule has 0 spiro atoms. The van der Waals surface area contributed by atoms with Gasteiger partial charge in [0.15, 0.2) is 11.5 Å². The van der Waals surface area contributed by atoms with Crippen molar-refractivity contribution < 1.29 is 14.3 Å². The number of amides is 1. The Kier molecular flexibility index (Phi) is 5.42. The van der Waals surface area contributed by atoms with Gasteiger partial charge < -0.3 is 14.8 Å². The van der Waals surface area contributed by atoms with Crippen LogP contribution in [0.2, 0.25) is 19.6 Å². The van der Waals surface area contributed by atoms with Crippen molar-refractivity contribution >= 4 is 25.3 Å². The predicted octanol–water partition coefficient (Wildman–Crippen LogP) is 4.41. The van der Waals surface area contributed by atoms with Crippen LogP contribution in [0.4, 0.5) is 0 Å². The van der Waals surface area contributed by atoms with Crippen LogP contribution in [-0.4, -0.2) is 34.7 Å². The topological polar surface area (TPSA) is 47.6 Å². The molecule has 0 saturated carbocycles. The van der Waals surface area contributed by atoms with Crippen molar-refractivity contribution in [3.05, 3.63) is 58.7 Å². The van der Waals surface area contributed by atoms with Crippen molar-refractivity contribution in [1.82, 2.24) is 5.32 Å². The second-order valence-electron chi connectivity index (χ2n) is 7.77. The van der Waals surface area contributed by atoms with E-state index in [0.717, 1.165) is 29.0 Å². The number of hydrogen-bond donors (Lipinski definition) is 1. The second kappa shape index (κ2) is 7.60. The van der Waals surface area contributed by atoms with Crippen LogP contribution in [0.25, 0.3) is 11.3 Å². The summed E-state index contributed by atoms with van der Waals surface area (Å²) >= 11 is 0. The Balaban J connectivity index is 2.32. The third-order valence-corrected chi connectivity index (χ3v) is 6.92. The van der Waals surface area contributed by atoms with E-state index in [-0.39, 0.29) is 5.91 Å². The van der Waals surface area contributed by atoms with Gasteiger partial charge >= 0.3 is 0 Å². The number of rotatable bonds is 3. The molecular formula is C22H27NO3Si. The maximum Gasteiger partial charge on any atom is 0.251 e. The molecule has 0 aliphatic carbocycles. The molecule has 0 unspecified atom stereocenters. The van der Waals surface area contributed by atoms with E-state index >= 15 is 0 Å². The van der Waals surface area contributed by atoms with E-state index in [4.69, 9.17) is 9.47 Å². The molecule has 2 aromatic rings. The first-order chi connectivity index (χ1) is 12.8. The average Bonchev–Trinajstić information content (AvgIpc) is 2.64. The van der Waals surface area contributed by atoms with Crippen LogP contribution in [0.15, 0.2) is 36.4 Å². The second-order valence-corrected chi connectivity index (χ2v) is 12.8. The molecule has 142 valence electrons. The molecule has 0 bridgehead atoms. The first-order valence-corrected chi connectivity index (χ1v) is 12.7. The smallest absolute Gasteiger partial charge is 0.251 e. The molecule has 2 aromatic carbocycles. The van der Waals surface area contributed by atoms with Crippen molar-refractivity contribution in [3.63, 3.8) is 0 Å². The first-order valence-electron chi connectivity index (χ1n) is 9.20. The highest BCUT2D eigenvalue weighted by molar-refractivity contribution is 6.94. The normalized spacial score (nSPS) is 16.3. The van der Waals surface area contributed by atoms with E-state index in [2.05, 4.69) is 37.1 Å². The van der Waals surface area contributed by atoms with Crippen LogP contribution in [0.1, 0.15) is 27.0 Å². The summed E-state index contributed by atoms with van der Waals surface area (Å²) in [5.74, 6) is 1.42. The van der Waals surface area contributed by atoms with E-state index in [9.17, 15) is 4.79 Å². The van der Waals surface area contributed by atoms with Gasteiger partial charge in [0, 0.05) is 12.1 Å². The highest BCUT2D eigenvalue weighted by atomic mass is 28.3. The van der Waals surface area contributed by atoms with Crippen molar-refractivity contribution in [3.8, 4) is 11.5 Å². The van der Waals surface area contributed by atoms with Gasteiger partial charge in [-0.15, -0.1) is 0 Å². The van der Waals surface area contributed by atoms with Crippen molar-refractivity contribution in [2.45, 2.75) is 26.1 Å². The molecule has 0 fully saturated rings. The summed E-state index contributed by atoms with van der Waals surface area (Å²) in [5.41, 5.74) is 4.03. The standard InChI is InChI=1S/C22H27NO3Si/c1-25-19-12-16-10-11-23-22(24)17-9-7-6-8-15(17)13-21(27(3,4)5)18(16)14-20(19)26-2/h6-9,12-14H,10-11H2,1-5H3,(H,23,24)/b21-13+. The van der Waals surface area contributed by atoms with Gasteiger partial charge in [-0.05, 0) is 41.3 Å². The molecule has 1 aliphatic heterocycles. The van der Waals surface area contributed by atoms with Gasteiger partial charge in [0.25, 0.3) is 5.91 Å². The fourth-order valence-corrected chi connectivity index (χ4v) is 5.10. The lowest BCUT2D eigenvalue weighted by atomic mass is 9.98. The molecule has 1 amide bonds. The number of hydrogen-bond acceptors (Lipinski definition) is 3. The average molecular weight is 382 g/mol. The molecular weight excluding hydrogens is 354 g/mol. The van der Waals surface area contributed by atoms with Gasteiger partial charge in [-0.2, -0.15) is 0 Å². The van der Waals surface area contributed by atoms with Gasteiger partial charge in [0.1, 0.15) is 0 Å². The minimum Gasteiger partial charge on any atom is -0.493 e. The molecule has 1 heterocycles. The van der Waals surface area contributed by atoms with Gasteiger partial charge in [0.05, 0.1) is 22.3 Å². The minimum atomic E-state index is -1.72. The van der Waals surface area contributed by atoms with Crippen LogP contribution >= 0.6 is 0 Å². The zero-order chi connectivity index (χ0) is 19.6. The lowest BCUT2D eigenvalue weighted by Crippen LogP contribution is -2.29. The van der Waals surface area contributed by atoms with E-state index < -0.39 is 8.07 Å². The van der Waals surface area contributed by atoms with Gasteiger partial charge in [0.2, 0.25) is 0 Å². The molecule has 5 heteroatoms. The summed E-state index contributed by atoms with van der Waals surface area (Å²) in [5, 5.41) is 4.35. The Morgan fingerprint density at radius 2 is 1.63 bits per heavy atom. The van der Waals surface area contributed by atoms with Crippen molar-refractivity contribution in [2.75, 3.05) is 20.8 Å². The number of benzene rings is 2. The molecule has 0 atom stereocenters. The fourth-order valence-electron chi connectivity index (χ4n) is 3.47. The monoisotopic (exact) mass is 381 g/mol. The first kappa shape index (κ1) is 19.2. The molecule has 27 heavy (non-hydrogen) atoms. The van der Waals surface area contributed by atoms with Crippen LogP contribution < -0.4 is 14.8 Å². The predicted molar refractivity (Wildman–Crippen MR) is 113 cm³/mol. The molecule has 1 aliphatic rings. The SMILES string of the molecule is COc1cc2c(cc1OC)/C([Si](C)(C)C)=C\c1ccccc1C(=O)NCC2. The summed E-state index contributed by atoms with van der Waals surface area (Å²) in [4.78, 5) is 12.6. The minimum absolute atomic E-state index is 0.0271. The fraction of sp³-hybridized carbons (Fsp3) is 0.318. The largest absolute Gasteiger partial charge is 0.493 e. The Morgan fingerprint density at radius 3 is 2.30 bits per heavy atom. The number of carbonyl (C=O) groups excluding carboxylic acids is 1. The van der Waals surface area contributed by atoms with E-state index in [1.165, 1.54) is 16.3 Å². The zero-order valence-electron chi connectivity index (χ0n) is 16.7. The van der Waals surface area contributed by atoms with Crippen LogP contribution in [0.3, 0.4) is 0 Å². The Hall–Kier alpha value is -2.53. The zero-order valence-corrected chi connectivity index (χ0v) is 17.7. The van der Waals surface area contributed by atoms with E-state index in [1.807, 2.05) is 30.3 Å². The van der Waals surface area contributed by atoms with Crippen LogP contribution in [0, 0.1) is 0 Å². The van der Waals surface area contributed by atoms with E-state index in [1.54, 1.807) is 14.2 Å². The number of carbonyl (C=O) groups is 1. The molecule has 3 rings (SSSR count). The van der Waals surface area contributed by atoms with Crippen LogP contribution in [0.5, 0.6) is 11.5 Å². The number of fused-ring (bicyclic) bond motifs is 2. The Bertz CT molecular complexity index is 897. The summed E-state index contributed by atoms with van der Waals surface area (Å²) in [7, 11) is 1.59. The summed E-state index contributed by atoms with van der Waals surface area (Å²) in [6, 6.07) is 11.9. The highest BCUT2D eigenvalue weighted by Gasteiger charge is 2.26. The third-order valence-electron chi connectivity index (χ3n) is 4.89. The highest BCUT2D eigenvalue weighted by Crippen LogP contribution is 2.38. The molecule has 1 N–H and O–H groups in total. The van der Waals surface area contributed by atoms with Crippen molar-refractivity contribution in [1.29, 1.82) is 0 Å². The summed E-state index contributed by atoms with van der Waals surface area (Å²) in [6.45, 7) is 7.56.